The van der Waals surface area contributed by atoms with Gasteiger partial charge in [-0.25, -0.2) is 4.98 Å². The number of pyridine rings is 1. The van der Waals surface area contributed by atoms with Crippen LogP contribution in [0.2, 0.25) is 0 Å². The van der Waals surface area contributed by atoms with E-state index in [0.29, 0.717) is 11.7 Å². The Morgan fingerprint density at radius 3 is 3.00 bits per heavy atom. The first-order chi connectivity index (χ1) is 9.10. The molecule has 0 spiro atoms. The van der Waals surface area contributed by atoms with Crippen LogP contribution in [-0.2, 0) is 6.54 Å². The van der Waals surface area contributed by atoms with Crippen LogP contribution in [-0.4, -0.2) is 20.0 Å². The summed E-state index contributed by atoms with van der Waals surface area (Å²) in [6.07, 6.45) is 1.07. The molecule has 2 aromatic rings. The zero-order valence-electron chi connectivity index (χ0n) is 9.82. The highest BCUT2D eigenvalue weighted by molar-refractivity contribution is 5.55. The molecule has 0 unspecified atom stereocenters. The van der Waals surface area contributed by atoms with Gasteiger partial charge in [0, 0.05) is 13.0 Å². The van der Waals surface area contributed by atoms with E-state index in [0.717, 1.165) is 12.3 Å². The number of hydrogen-bond acceptors (Lipinski definition) is 8. The molecule has 0 aliphatic heterocycles. The van der Waals surface area contributed by atoms with Crippen LogP contribution in [0.25, 0.3) is 0 Å². The van der Waals surface area contributed by atoms with E-state index in [2.05, 4.69) is 20.4 Å². The third kappa shape index (κ3) is 2.81. The molecule has 2 heterocycles. The van der Waals surface area contributed by atoms with Gasteiger partial charge in [-0.15, -0.1) is 0 Å². The molecule has 0 aliphatic carbocycles. The molecule has 2 aromatic heterocycles. The smallest absolute Gasteiger partial charge is 0.289 e. The molecule has 0 radical (unpaired) electrons. The number of nitriles is 1. The predicted octanol–water partition coefficient (Wildman–Crippen LogP) is 1.16. The summed E-state index contributed by atoms with van der Waals surface area (Å²) in [6.45, 7) is 1.86. The average Bonchev–Trinajstić information content (AvgIpc) is 2.81. The van der Waals surface area contributed by atoms with Crippen LogP contribution in [0, 0.1) is 28.4 Å². The van der Waals surface area contributed by atoms with Crippen molar-refractivity contribution in [2.75, 3.05) is 5.32 Å². The topological polar surface area (TPSA) is 131 Å². The standard InChI is InChI=1S/C10H8N6O3/c1-6-14-9(15-19-6)5-13-10-7(3-11)2-8(4-12-10)16(17)18/h2,4H,5H2,1H3,(H,12,13). The van der Waals surface area contributed by atoms with Gasteiger partial charge in [-0.05, 0) is 0 Å². The molecule has 0 amide bonds. The van der Waals surface area contributed by atoms with Crippen LogP contribution in [0.15, 0.2) is 16.8 Å². The maximum absolute atomic E-state index is 10.6. The third-order valence-corrected chi connectivity index (χ3v) is 2.19. The van der Waals surface area contributed by atoms with E-state index in [4.69, 9.17) is 9.78 Å². The number of hydrogen-bond donors (Lipinski definition) is 1. The summed E-state index contributed by atoms with van der Waals surface area (Å²) in [5.41, 5.74) is -0.160. The van der Waals surface area contributed by atoms with E-state index >= 15 is 0 Å². The second-order valence-corrected chi connectivity index (χ2v) is 3.54. The lowest BCUT2D eigenvalue weighted by molar-refractivity contribution is -0.385. The fourth-order valence-corrected chi connectivity index (χ4v) is 1.36. The van der Waals surface area contributed by atoms with E-state index in [1.54, 1.807) is 6.92 Å². The van der Waals surface area contributed by atoms with Gasteiger partial charge in [0.1, 0.15) is 23.6 Å². The highest BCUT2D eigenvalue weighted by Gasteiger charge is 2.12. The van der Waals surface area contributed by atoms with Gasteiger partial charge in [0.05, 0.1) is 11.5 Å². The highest BCUT2D eigenvalue weighted by Crippen LogP contribution is 2.18. The maximum Gasteiger partial charge on any atom is 0.289 e. The van der Waals surface area contributed by atoms with E-state index in [9.17, 15) is 10.1 Å². The molecule has 19 heavy (non-hydrogen) atoms. The average molecular weight is 260 g/mol. The molecule has 0 aromatic carbocycles. The number of rotatable bonds is 4. The molecule has 0 bridgehead atoms. The normalized spacial score (nSPS) is 9.89. The molecule has 1 N–H and O–H groups in total. The Hall–Kier alpha value is -3.02. The SMILES string of the molecule is Cc1nc(CNc2ncc([N+](=O)[O-])cc2C#N)no1. The summed E-state index contributed by atoms with van der Waals surface area (Å²) in [5.74, 6) is 1.06. The summed E-state index contributed by atoms with van der Waals surface area (Å²) >= 11 is 0. The maximum atomic E-state index is 10.6. The molecule has 9 heteroatoms. The first-order valence-electron chi connectivity index (χ1n) is 5.17. The first kappa shape index (κ1) is 12.4. The van der Waals surface area contributed by atoms with E-state index in [-0.39, 0.29) is 23.6 Å². The number of nitro groups is 1. The Kier molecular flexibility index (Phi) is 3.33. The van der Waals surface area contributed by atoms with Gasteiger partial charge < -0.3 is 9.84 Å². The van der Waals surface area contributed by atoms with Gasteiger partial charge in [-0.2, -0.15) is 10.2 Å². The van der Waals surface area contributed by atoms with Gasteiger partial charge >= 0.3 is 0 Å². The van der Waals surface area contributed by atoms with E-state index in [1.165, 1.54) is 0 Å². The van der Waals surface area contributed by atoms with Crippen LogP contribution in [0.5, 0.6) is 0 Å². The molecule has 0 saturated heterocycles. The second kappa shape index (κ2) is 5.09. The summed E-state index contributed by atoms with van der Waals surface area (Å²) in [5, 5.41) is 26.0. The molecule has 0 fully saturated rings. The third-order valence-electron chi connectivity index (χ3n) is 2.19. The Morgan fingerprint density at radius 1 is 1.63 bits per heavy atom. The lowest BCUT2D eigenvalue weighted by Gasteiger charge is -2.03. The van der Waals surface area contributed by atoms with Crippen LogP contribution in [0.1, 0.15) is 17.3 Å². The van der Waals surface area contributed by atoms with Crippen molar-refractivity contribution in [3.05, 3.63) is 39.7 Å². The number of nitrogens with one attached hydrogen (secondary N) is 1. The Labute approximate surface area is 107 Å². The van der Waals surface area contributed by atoms with Gasteiger partial charge in [0.15, 0.2) is 5.82 Å². The molecule has 0 saturated carbocycles. The molecule has 0 aliphatic rings. The fraction of sp³-hybridized carbons (Fsp3) is 0.200. The number of aryl methyl sites for hydroxylation is 1. The van der Waals surface area contributed by atoms with Gasteiger partial charge in [-0.1, -0.05) is 5.16 Å². The zero-order chi connectivity index (χ0) is 13.8. The summed E-state index contributed by atoms with van der Waals surface area (Å²) in [7, 11) is 0. The largest absolute Gasteiger partial charge is 0.362 e. The Morgan fingerprint density at radius 2 is 2.42 bits per heavy atom. The molecule has 9 nitrogen and oxygen atoms in total. The van der Waals surface area contributed by atoms with Crippen molar-refractivity contribution in [2.45, 2.75) is 13.5 Å². The second-order valence-electron chi connectivity index (χ2n) is 3.54. The van der Waals surface area contributed by atoms with Crippen molar-refractivity contribution in [1.82, 2.24) is 15.1 Å². The van der Waals surface area contributed by atoms with Crippen molar-refractivity contribution in [1.29, 1.82) is 5.26 Å². The number of aromatic nitrogens is 3. The van der Waals surface area contributed by atoms with E-state index < -0.39 is 4.92 Å². The Balaban J connectivity index is 2.16. The minimum Gasteiger partial charge on any atom is -0.362 e. The number of anilines is 1. The summed E-state index contributed by atoms with van der Waals surface area (Å²) in [6, 6.07) is 2.99. The van der Waals surface area contributed by atoms with Crippen molar-refractivity contribution >= 4 is 11.5 Å². The molecular formula is C10H8N6O3. The van der Waals surface area contributed by atoms with Gasteiger partial charge in [-0.3, -0.25) is 10.1 Å². The minimum atomic E-state index is -0.611. The van der Waals surface area contributed by atoms with Crippen molar-refractivity contribution in [3.63, 3.8) is 0 Å². The lowest BCUT2D eigenvalue weighted by atomic mass is 10.2. The van der Waals surface area contributed by atoms with Crippen LogP contribution >= 0.6 is 0 Å². The highest BCUT2D eigenvalue weighted by atomic mass is 16.6. The van der Waals surface area contributed by atoms with Gasteiger partial charge in [0.25, 0.3) is 5.69 Å². The minimum absolute atomic E-state index is 0.0782. The summed E-state index contributed by atoms with van der Waals surface area (Å²) in [4.78, 5) is 17.8. The van der Waals surface area contributed by atoms with Crippen LogP contribution in [0.4, 0.5) is 11.5 Å². The number of nitrogens with zero attached hydrogens (tertiary/aromatic N) is 5. The molecule has 2 rings (SSSR count). The monoisotopic (exact) mass is 260 g/mol. The molecule has 0 atom stereocenters. The van der Waals surface area contributed by atoms with Crippen molar-refractivity contribution < 1.29 is 9.45 Å². The quantitative estimate of drug-likeness (QED) is 0.639. The van der Waals surface area contributed by atoms with Crippen molar-refractivity contribution in [2.24, 2.45) is 0 Å². The fourth-order valence-electron chi connectivity index (χ4n) is 1.36. The van der Waals surface area contributed by atoms with Crippen LogP contribution in [0.3, 0.4) is 0 Å². The first-order valence-corrected chi connectivity index (χ1v) is 5.17. The zero-order valence-corrected chi connectivity index (χ0v) is 9.82. The van der Waals surface area contributed by atoms with Crippen LogP contribution < -0.4 is 5.32 Å². The predicted molar refractivity (Wildman–Crippen MR) is 62.0 cm³/mol. The Bertz CT molecular complexity index is 660. The molecule has 96 valence electrons. The van der Waals surface area contributed by atoms with E-state index in [1.807, 2.05) is 6.07 Å². The van der Waals surface area contributed by atoms with Gasteiger partial charge in [0.2, 0.25) is 5.89 Å². The van der Waals surface area contributed by atoms with Crippen molar-refractivity contribution in [3.8, 4) is 6.07 Å². The lowest BCUT2D eigenvalue weighted by Crippen LogP contribution is -2.05. The summed E-state index contributed by atoms with van der Waals surface area (Å²) < 4.78 is 4.78. The molecular weight excluding hydrogens is 252 g/mol.